The normalized spacial score (nSPS) is 22.1. The van der Waals surface area contributed by atoms with Gasteiger partial charge in [0.25, 0.3) is 11.9 Å². The van der Waals surface area contributed by atoms with Crippen LogP contribution in [0.3, 0.4) is 0 Å². The van der Waals surface area contributed by atoms with Crippen molar-refractivity contribution < 1.29 is 19.0 Å². The van der Waals surface area contributed by atoms with Crippen molar-refractivity contribution in [2.24, 2.45) is 10.7 Å². The summed E-state index contributed by atoms with van der Waals surface area (Å²) in [4.78, 5) is 19.6. The van der Waals surface area contributed by atoms with E-state index in [2.05, 4.69) is 22.2 Å². The molecule has 1 amide bonds. The van der Waals surface area contributed by atoms with Crippen molar-refractivity contribution in [3.63, 3.8) is 0 Å². The highest BCUT2D eigenvalue weighted by molar-refractivity contribution is 6.42. The zero-order valence-corrected chi connectivity index (χ0v) is 22.5. The maximum Gasteiger partial charge on any atom is 0.287 e. The number of amidine groups is 1. The molecule has 2 heterocycles. The van der Waals surface area contributed by atoms with Crippen LogP contribution < -0.4 is 16.4 Å². The van der Waals surface area contributed by atoms with Gasteiger partial charge in [-0.3, -0.25) is 4.79 Å². The summed E-state index contributed by atoms with van der Waals surface area (Å²) in [6.45, 7) is 8.33. The number of anilines is 1. The summed E-state index contributed by atoms with van der Waals surface area (Å²) < 4.78 is 16.1. The predicted octanol–water partition coefficient (Wildman–Crippen LogP) is 3.54. The number of hydrogen-bond acceptors (Lipinski definition) is 7. The van der Waals surface area contributed by atoms with Crippen LogP contribution in [0.25, 0.3) is 0 Å². The van der Waals surface area contributed by atoms with Gasteiger partial charge in [-0.05, 0) is 44.4 Å². The number of hydrogen-bond donors (Lipinski definition) is 3. The largest absolute Gasteiger partial charge is 0.469 e. The van der Waals surface area contributed by atoms with Crippen molar-refractivity contribution in [3.8, 4) is 0 Å². The zero-order chi connectivity index (χ0) is 26.2. The van der Waals surface area contributed by atoms with Gasteiger partial charge in [-0.15, -0.1) is 0 Å². The van der Waals surface area contributed by atoms with E-state index in [9.17, 15) is 4.79 Å². The Balaban J connectivity index is 1.70. The lowest BCUT2D eigenvalue weighted by molar-refractivity contribution is -0.128. The first-order valence-corrected chi connectivity index (χ1v) is 12.6. The molecule has 36 heavy (non-hydrogen) atoms. The molecule has 2 fully saturated rings. The lowest BCUT2D eigenvalue weighted by atomic mass is 9.99. The van der Waals surface area contributed by atoms with Gasteiger partial charge in [0.2, 0.25) is 0 Å². The summed E-state index contributed by atoms with van der Waals surface area (Å²) >= 11 is 12.1. The zero-order valence-electron chi connectivity index (χ0n) is 21.0. The van der Waals surface area contributed by atoms with Gasteiger partial charge in [0, 0.05) is 55.8 Å². The fourth-order valence-electron chi connectivity index (χ4n) is 4.27. The summed E-state index contributed by atoms with van der Waals surface area (Å²) in [6.07, 6.45) is 2.58. The number of nitrogens with one attached hydrogen (secondary N) is 2. The van der Waals surface area contributed by atoms with E-state index in [-0.39, 0.29) is 29.8 Å². The maximum atomic E-state index is 13.5. The number of benzene rings is 1. The van der Waals surface area contributed by atoms with Crippen LogP contribution >= 0.6 is 23.2 Å². The van der Waals surface area contributed by atoms with Crippen molar-refractivity contribution in [3.05, 3.63) is 51.8 Å². The number of nitrogens with zero attached hydrogens (tertiary/aromatic N) is 2. The fraction of sp³-hybridized carbons (Fsp3) is 0.520. The number of likely N-dealkylation sites (tertiary alicyclic amines) is 1. The third-order valence-corrected chi connectivity index (χ3v) is 7.23. The smallest absolute Gasteiger partial charge is 0.287 e. The lowest BCUT2D eigenvalue weighted by Gasteiger charge is -2.38. The Morgan fingerprint density at radius 3 is 2.58 bits per heavy atom. The average Bonchev–Trinajstić information content (AvgIpc) is 2.89. The lowest BCUT2D eigenvalue weighted by Crippen LogP contribution is -2.54. The molecule has 198 valence electrons. The van der Waals surface area contributed by atoms with Crippen molar-refractivity contribution >= 4 is 40.8 Å². The SMILES string of the molecule is C=C(Nc1ccc(Cl)c(Cl)c1)/C(C)=C(\N=C(N)OC)C(=O)N1CCC(N[C@H]2CCOC[C@H]2OC)CC1. The van der Waals surface area contributed by atoms with E-state index in [0.717, 1.165) is 25.9 Å². The first-order valence-electron chi connectivity index (χ1n) is 11.9. The van der Waals surface area contributed by atoms with Crippen LogP contribution in [0.1, 0.15) is 26.2 Å². The number of carbonyl (C=O) groups is 1. The van der Waals surface area contributed by atoms with Gasteiger partial charge in [0.15, 0.2) is 0 Å². The molecule has 4 N–H and O–H groups in total. The van der Waals surface area contributed by atoms with Gasteiger partial charge in [-0.2, -0.15) is 4.99 Å². The van der Waals surface area contributed by atoms with E-state index < -0.39 is 0 Å². The molecular formula is C25H35Cl2N5O4. The van der Waals surface area contributed by atoms with Gasteiger partial charge in [0.1, 0.15) is 5.70 Å². The second kappa shape index (κ2) is 13.3. The minimum Gasteiger partial charge on any atom is -0.469 e. The van der Waals surface area contributed by atoms with E-state index in [1.54, 1.807) is 37.1 Å². The molecule has 11 heteroatoms. The average molecular weight is 540 g/mol. The monoisotopic (exact) mass is 539 g/mol. The van der Waals surface area contributed by atoms with E-state index in [4.69, 9.17) is 43.1 Å². The van der Waals surface area contributed by atoms with Crippen molar-refractivity contribution in [1.82, 2.24) is 10.2 Å². The molecule has 2 aliphatic rings. The molecule has 2 aliphatic heterocycles. The minimum absolute atomic E-state index is 0.0380. The van der Waals surface area contributed by atoms with Gasteiger partial charge in [0.05, 0.1) is 29.9 Å². The third-order valence-electron chi connectivity index (χ3n) is 6.50. The predicted molar refractivity (Wildman–Crippen MR) is 143 cm³/mol. The van der Waals surface area contributed by atoms with Crippen molar-refractivity contribution in [1.29, 1.82) is 0 Å². The van der Waals surface area contributed by atoms with Crippen LogP contribution in [-0.4, -0.2) is 75.5 Å². The summed E-state index contributed by atoms with van der Waals surface area (Å²) in [5, 5.41) is 7.70. The summed E-state index contributed by atoms with van der Waals surface area (Å²) in [7, 11) is 3.11. The molecule has 0 bridgehead atoms. The summed E-state index contributed by atoms with van der Waals surface area (Å²) in [5.41, 5.74) is 7.69. The van der Waals surface area contributed by atoms with Crippen LogP contribution in [0.4, 0.5) is 5.69 Å². The number of halogens is 2. The summed E-state index contributed by atoms with van der Waals surface area (Å²) in [5.74, 6) is -0.233. The molecule has 0 aliphatic carbocycles. The number of methoxy groups -OCH3 is 2. The number of amides is 1. The Kier molecular flexibility index (Phi) is 10.4. The highest BCUT2D eigenvalue weighted by Crippen LogP contribution is 2.27. The van der Waals surface area contributed by atoms with E-state index >= 15 is 0 Å². The Labute approximate surface area is 222 Å². The van der Waals surface area contributed by atoms with Gasteiger partial charge in [-0.25, -0.2) is 0 Å². The Morgan fingerprint density at radius 1 is 1.22 bits per heavy atom. The molecular weight excluding hydrogens is 505 g/mol. The quantitative estimate of drug-likeness (QED) is 0.200. The molecule has 9 nitrogen and oxygen atoms in total. The van der Waals surface area contributed by atoms with Crippen LogP contribution in [0, 0.1) is 0 Å². The maximum absolute atomic E-state index is 13.5. The Hall–Kier alpha value is -2.30. The fourth-order valence-corrected chi connectivity index (χ4v) is 4.57. The molecule has 0 radical (unpaired) electrons. The van der Waals surface area contributed by atoms with Crippen molar-refractivity contribution in [2.45, 2.75) is 44.4 Å². The molecule has 1 aromatic carbocycles. The number of carbonyl (C=O) groups excluding carboxylic acids is 1. The first kappa shape index (κ1) is 28.3. The number of nitrogens with two attached hydrogens (primary N) is 1. The second-order valence-electron chi connectivity index (χ2n) is 8.84. The number of allylic oxidation sites excluding steroid dienone is 1. The molecule has 2 atom stereocenters. The van der Waals surface area contributed by atoms with Crippen LogP contribution in [0.15, 0.2) is 46.7 Å². The Bertz CT molecular complexity index is 1010. The molecule has 0 unspecified atom stereocenters. The topological polar surface area (TPSA) is 110 Å². The number of rotatable bonds is 8. The molecule has 0 spiro atoms. The van der Waals surface area contributed by atoms with Crippen molar-refractivity contribution in [2.75, 3.05) is 45.8 Å². The first-order chi connectivity index (χ1) is 17.2. The van der Waals surface area contributed by atoms with E-state index in [1.165, 1.54) is 7.11 Å². The molecule has 0 saturated carbocycles. The standard InChI is InChI=1S/C25H35Cl2N5O4/c1-15(16(2)29-18-5-6-19(26)20(27)13-18)23(31-25(28)35-4)24(33)32-10-7-17(8-11-32)30-21-9-12-36-14-22(21)34-3/h5-6,13,17,21-22,29-30H,2,7-12,14H2,1,3-4H3,(H2,28,31)/b23-15-/t21-,22+/m0/s1. The third kappa shape index (κ3) is 7.36. The summed E-state index contributed by atoms with van der Waals surface area (Å²) in [6, 6.07) is 5.56. The van der Waals surface area contributed by atoms with Crippen LogP contribution in [0.2, 0.25) is 10.0 Å². The van der Waals surface area contributed by atoms with Gasteiger partial charge >= 0.3 is 0 Å². The van der Waals surface area contributed by atoms with Crippen LogP contribution in [-0.2, 0) is 19.0 Å². The molecule has 0 aromatic heterocycles. The highest BCUT2D eigenvalue weighted by atomic mass is 35.5. The van der Waals surface area contributed by atoms with Gasteiger partial charge in [-0.1, -0.05) is 29.8 Å². The number of ether oxygens (including phenoxy) is 3. The Morgan fingerprint density at radius 2 is 1.94 bits per heavy atom. The van der Waals surface area contributed by atoms with Crippen LogP contribution in [0.5, 0.6) is 0 Å². The molecule has 3 rings (SSSR count). The minimum atomic E-state index is -0.233. The number of aliphatic imine (C=N–C) groups is 1. The van der Waals surface area contributed by atoms with E-state index in [1.807, 2.05) is 0 Å². The molecule has 2 saturated heterocycles. The molecule has 1 aromatic rings. The van der Waals surface area contributed by atoms with E-state index in [0.29, 0.717) is 52.7 Å². The second-order valence-corrected chi connectivity index (χ2v) is 9.65. The highest BCUT2D eigenvalue weighted by Gasteiger charge is 2.31. The van der Waals surface area contributed by atoms with Gasteiger partial charge < -0.3 is 35.5 Å². The number of piperidine rings is 1.